The maximum atomic E-state index is 4.42. The average molecular weight is 225 g/mol. The van der Waals surface area contributed by atoms with Gasteiger partial charge in [-0.1, -0.05) is 24.3 Å². The fourth-order valence-corrected chi connectivity index (χ4v) is 2.40. The SMILES string of the molecule is c1ccc2c(c1)CCCNC2c1cnccn1. The minimum atomic E-state index is 0.183. The highest BCUT2D eigenvalue weighted by atomic mass is 15.0. The Kier molecular flexibility index (Phi) is 2.84. The van der Waals surface area contributed by atoms with Crippen LogP contribution in [0, 0.1) is 0 Å². The number of aryl methyl sites for hydroxylation is 1. The van der Waals surface area contributed by atoms with Gasteiger partial charge in [-0.05, 0) is 30.5 Å². The Balaban J connectivity index is 2.06. The van der Waals surface area contributed by atoms with E-state index < -0.39 is 0 Å². The number of hydrogen-bond acceptors (Lipinski definition) is 3. The van der Waals surface area contributed by atoms with Gasteiger partial charge in [0.25, 0.3) is 0 Å². The molecule has 0 spiro atoms. The molecular formula is C14H15N3. The van der Waals surface area contributed by atoms with E-state index in [2.05, 4.69) is 39.6 Å². The molecule has 3 rings (SSSR count). The first-order valence-electron chi connectivity index (χ1n) is 6.02. The number of nitrogens with zero attached hydrogens (tertiary/aromatic N) is 2. The quantitative estimate of drug-likeness (QED) is 0.807. The number of rotatable bonds is 1. The molecule has 2 heterocycles. The molecule has 1 aromatic carbocycles. The molecule has 1 N–H and O–H groups in total. The van der Waals surface area contributed by atoms with Crippen LogP contribution in [0.15, 0.2) is 42.9 Å². The Morgan fingerprint density at radius 1 is 1.18 bits per heavy atom. The zero-order valence-corrected chi connectivity index (χ0v) is 9.63. The van der Waals surface area contributed by atoms with Crippen LogP contribution in [-0.4, -0.2) is 16.5 Å². The number of hydrogen-bond donors (Lipinski definition) is 1. The van der Waals surface area contributed by atoms with E-state index in [1.807, 2.05) is 6.20 Å². The van der Waals surface area contributed by atoms with Gasteiger partial charge in [0.1, 0.15) is 0 Å². The lowest BCUT2D eigenvalue weighted by atomic mass is 9.97. The predicted octanol–water partition coefficient (Wildman–Crippen LogP) is 2.10. The van der Waals surface area contributed by atoms with Gasteiger partial charge >= 0.3 is 0 Å². The van der Waals surface area contributed by atoms with Gasteiger partial charge in [-0.15, -0.1) is 0 Å². The summed E-state index contributed by atoms with van der Waals surface area (Å²) >= 11 is 0. The molecule has 17 heavy (non-hydrogen) atoms. The van der Waals surface area contributed by atoms with Crippen LogP contribution < -0.4 is 5.32 Å². The van der Waals surface area contributed by atoms with Crippen molar-refractivity contribution in [2.75, 3.05) is 6.54 Å². The normalized spacial score (nSPS) is 19.4. The first kappa shape index (κ1) is 10.4. The molecule has 0 saturated heterocycles. The maximum absolute atomic E-state index is 4.42. The summed E-state index contributed by atoms with van der Waals surface area (Å²) in [6.45, 7) is 1.02. The first-order chi connectivity index (χ1) is 8.45. The molecule has 0 radical (unpaired) electrons. The molecule has 1 unspecified atom stereocenters. The molecule has 0 amide bonds. The number of benzene rings is 1. The third kappa shape index (κ3) is 2.06. The third-order valence-electron chi connectivity index (χ3n) is 3.22. The van der Waals surface area contributed by atoms with Gasteiger partial charge in [0.2, 0.25) is 0 Å². The second-order valence-corrected chi connectivity index (χ2v) is 4.32. The van der Waals surface area contributed by atoms with Gasteiger partial charge in [0.15, 0.2) is 0 Å². The van der Waals surface area contributed by atoms with Crippen LogP contribution in [0.4, 0.5) is 0 Å². The van der Waals surface area contributed by atoms with E-state index in [0.29, 0.717) is 0 Å². The molecular weight excluding hydrogens is 210 g/mol. The zero-order chi connectivity index (χ0) is 11.5. The molecule has 1 atom stereocenters. The zero-order valence-electron chi connectivity index (χ0n) is 9.63. The topological polar surface area (TPSA) is 37.8 Å². The van der Waals surface area contributed by atoms with Crippen LogP contribution in [0.3, 0.4) is 0 Å². The van der Waals surface area contributed by atoms with E-state index in [1.165, 1.54) is 17.5 Å². The molecule has 2 aromatic rings. The summed E-state index contributed by atoms with van der Waals surface area (Å²) in [5.74, 6) is 0. The summed E-state index contributed by atoms with van der Waals surface area (Å²) in [6, 6.07) is 8.79. The summed E-state index contributed by atoms with van der Waals surface area (Å²) in [5.41, 5.74) is 3.76. The van der Waals surface area contributed by atoms with Gasteiger partial charge in [0.05, 0.1) is 17.9 Å². The van der Waals surface area contributed by atoms with E-state index in [9.17, 15) is 0 Å². The minimum Gasteiger partial charge on any atom is -0.305 e. The molecule has 3 heteroatoms. The molecule has 0 aliphatic carbocycles. The lowest BCUT2D eigenvalue weighted by molar-refractivity contribution is 0.595. The highest BCUT2D eigenvalue weighted by Crippen LogP contribution is 2.26. The van der Waals surface area contributed by atoms with Crippen LogP contribution in [0.5, 0.6) is 0 Å². The lowest BCUT2D eigenvalue weighted by Gasteiger charge is -2.17. The van der Waals surface area contributed by atoms with Crippen molar-refractivity contribution in [1.29, 1.82) is 0 Å². The van der Waals surface area contributed by atoms with E-state index in [0.717, 1.165) is 18.7 Å². The van der Waals surface area contributed by atoms with E-state index in [1.54, 1.807) is 12.4 Å². The summed E-state index contributed by atoms with van der Waals surface area (Å²) < 4.78 is 0. The molecule has 1 aromatic heterocycles. The highest BCUT2D eigenvalue weighted by Gasteiger charge is 2.20. The summed E-state index contributed by atoms with van der Waals surface area (Å²) in [7, 11) is 0. The van der Waals surface area contributed by atoms with Gasteiger partial charge in [-0.3, -0.25) is 9.97 Å². The molecule has 0 fully saturated rings. The fraction of sp³-hybridized carbons (Fsp3) is 0.286. The fourth-order valence-electron chi connectivity index (χ4n) is 2.40. The van der Waals surface area contributed by atoms with E-state index >= 15 is 0 Å². The Hall–Kier alpha value is -1.74. The molecule has 1 aliphatic heterocycles. The van der Waals surface area contributed by atoms with Crippen LogP contribution >= 0.6 is 0 Å². The third-order valence-corrected chi connectivity index (χ3v) is 3.22. The van der Waals surface area contributed by atoms with Crippen molar-refractivity contribution >= 4 is 0 Å². The Bertz CT molecular complexity index is 496. The monoisotopic (exact) mass is 225 g/mol. The molecule has 86 valence electrons. The van der Waals surface area contributed by atoms with Crippen molar-refractivity contribution in [2.45, 2.75) is 18.9 Å². The molecule has 0 saturated carbocycles. The van der Waals surface area contributed by atoms with Gasteiger partial charge < -0.3 is 5.32 Å². The van der Waals surface area contributed by atoms with Gasteiger partial charge in [0, 0.05) is 12.4 Å². The highest BCUT2D eigenvalue weighted by molar-refractivity contribution is 5.35. The predicted molar refractivity (Wildman–Crippen MR) is 66.6 cm³/mol. The van der Waals surface area contributed by atoms with Crippen molar-refractivity contribution in [3.8, 4) is 0 Å². The van der Waals surface area contributed by atoms with Crippen LogP contribution in [0.1, 0.15) is 29.3 Å². The molecule has 1 aliphatic rings. The minimum absolute atomic E-state index is 0.183. The molecule has 0 bridgehead atoms. The standard InChI is InChI=1S/C14H15N3/c1-2-6-12-11(4-1)5-3-7-17-14(12)13-10-15-8-9-16-13/h1-2,4,6,8-10,14,17H,3,5,7H2. The van der Waals surface area contributed by atoms with Crippen molar-refractivity contribution in [1.82, 2.24) is 15.3 Å². The second kappa shape index (κ2) is 4.63. The largest absolute Gasteiger partial charge is 0.305 e. The number of nitrogens with one attached hydrogen (secondary N) is 1. The van der Waals surface area contributed by atoms with Crippen molar-refractivity contribution in [2.24, 2.45) is 0 Å². The second-order valence-electron chi connectivity index (χ2n) is 4.32. The number of fused-ring (bicyclic) bond motifs is 1. The lowest BCUT2D eigenvalue weighted by Crippen LogP contribution is -2.23. The maximum Gasteiger partial charge on any atom is 0.0801 e. The van der Waals surface area contributed by atoms with Crippen molar-refractivity contribution in [3.05, 3.63) is 59.7 Å². The van der Waals surface area contributed by atoms with Crippen molar-refractivity contribution < 1.29 is 0 Å². The Morgan fingerprint density at radius 3 is 3.00 bits per heavy atom. The average Bonchev–Trinajstić information content (AvgIpc) is 2.62. The van der Waals surface area contributed by atoms with Crippen LogP contribution in [0.2, 0.25) is 0 Å². The smallest absolute Gasteiger partial charge is 0.0801 e. The van der Waals surface area contributed by atoms with Crippen LogP contribution in [0.25, 0.3) is 0 Å². The molecule has 3 nitrogen and oxygen atoms in total. The summed E-state index contributed by atoms with van der Waals surface area (Å²) in [6.07, 6.45) is 7.63. The Labute approximate surface area is 101 Å². The summed E-state index contributed by atoms with van der Waals surface area (Å²) in [4.78, 5) is 8.58. The van der Waals surface area contributed by atoms with E-state index in [4.69, 9.17) is 0 Å². The van der Waals surface area contributed by atoms with Crippen LogP contribution in [-0.2, 0) is 6.42 Å². The van der Waals surface area contributed by atoms with E-state index in [-0.39, 0.29) is 6.04 Å². The number of aromatic nitrogens is 2. The van der Waals surface area contributed by atoms with Gasteiger partial charge in [-0.25, -0.2) is 0 Å². The van der Waals surface area contributed by atoms with Crippen molar-refractivity contribution in [3.63, 3.8) is 0 Å². The first-order valence-corrected chi connectivity index (χ1v) is 6.02. The Morgan fingerprint density at radius 2 is 2.12 bits per heavy atom. The van der Waals surface area contributed by atoms with Gasteiger partial charge in [-0.2, -0.15) is 0 Å². The summed E-state index contributed by atoms with van der Waals surface area (Å²) in [5, 5.41) is 3.55.